The number of anilines is 1. The number of amides is 1. The molecule has 0 bridgehead atoms. The van der Waals surface area contributed by atoms with E-state index in [4.69, 9.17) is 9.47 Å². The Morgan fingerprint density at radius 3 is 2.81 bits per heavy atom. The first-order valence-electron chi connectivity index (χ1n) is 8.09. The summed E-state index contributed by atoms with van der Waals surface area (Å²) in [4.78, 5) is 16.3. The molecule has 3 rings (SSSR count). The quantitative estimate of drug-likeness (QED) is 0.576. The van der Waals surface area contributed by atoms with Gasteiger partial charge in [-0.15, -0.1) is 21.5 Å². The number of thiazole rings is 1. The Labute approximate surface area is 164 Å². The second-order valence-electron chi connectivity index (χ2n) is 5.48. The van der Waals surface area contributed by atoms with Crippen molar-refractivity contribution in [2.75, 3.05) is 12.4 Å². The minimum Gasteiger partial charge on any atom is -0.493 e. The van der Waals surface area contributed by atoms with E-state index < -0.39 is 0 Å². The van der Waals surface area contributed by atoms with Gasteiger partial charge in [0, 0.05) is 18.6 Å². The maximum absolute atomic E-state index is 12.3. The maximum atomic E-state index is 12.3. The van der Waals surface area contributed by atoms with Crippen LogP contribution in [0.15, 0.2) is 41.0 Å². The second kappa shape index (κ2) is 8.87. The zero-order chi connectivity index (χ0) is 19.2. The highest BCUT2D eigenvalue weighted by Gasteiger charge is 2.20. The SMILES string of the molecule is COc1ccccc1OCc1nnc(S[C@H](C)C(=O)Nc2nccs2)n1C. The predicted molar refractivity (Wildman–Crippen MR) is 104 cm³/mol. The Hall–Kier alpha value is -2.59. The van der Waals surface area contributed by atoms with Crippen LogP contribution in [0.3, 0.4) is 0 Å². The van der Waals surface area contributed by atoms with Gasteiger partial charge in [-0.1, -0.05) is 23.9 Å². The van der Waals surface area contributed by atoms with Gasteiger partial charge < -0.3 is 19.4 Å². The summed E-state index contributed by atoms with van der Waals surface area (Å²) in [5, 5.41) is 13.8. The highest BCUT2D eigenvalue weighted by molar-refractivity contribution is 8.00. The van der Waals surface area contributed by atoms with Gasteiger partial charge in [-0.05, 0) is 19.1 Å². The van der Waals surface area contributed by atoms with Crippen molar-refractivity contribution >= 4 is 34.1 Å². The van der Waals surface area contributed by atoms with E-state index in [2.05, 4.69) is 20.5 Å². The molecule has 0 radical (unpaired) electrons. The van der Waals surface area contributed by atoms with Crippen LogP contribution in [0.1, 0.15) is 12.7 Å². The molecule has 0 unspecified atom stereocenters. The molecule has 0 aliphatic carbocycles. The Balaban J connectivity index is 1.60. The lowest BCUT2D eigenvalue weighted by atomic mass is 10.3. The molecule has 27 heavy (non-hydrogen) atoms. The van der Waals surface area contributed by atoms with E-state index in [1.807, 2.05) is 48.2 Å². The molecule has 142 valence electrons. The fraction of sp³-hybridized carbons (Fsp3) is 0.294. The zero-order valence-electron chi connectivity index (χ0n) is 15.1. The molecule has 0 aliphatic heterocycles. The van der Waals surface area contributed by atoms with E-state index in [0.717, 1.165) is 0 Å². The number of benzene rings is 1. The predicted octanol–water partition coefficient (Wildman–Crippen LogP) is 2.98. The summed E-state index contributed by atoms with van der Waals surface area (Å²) in [7, 11) is 3.44. The summed E-state index contributed by atoms with van der Waals surface area (Å²) < 4.78 is 12.9. The highest BCUT2D eigenvalue weighted by atomic mass is 32.2. The second-order valence-corrected chi connectivity index (χ2v) is 7.69. The molecule has 1 amide bonds. The maximum Gasteiger partial charge on any atom is 0.239 e. The number of carbonyl (C=O) groups is 1. The standard InChI is InChI=1S/C17H19N5O3S2/c1-11(15(23)19-16-18-8-9-26-16)27-17-21-20-14(22(17)2)10-25-13-7-5-4-6-12(13)24-3/h4-9,11H,10H2,1-3H3,(H,18,19,23)/t11-/m1/s1. The summed E-state index contributed by atoms with van der Waals surface area (Å²) >= 11 is 2.70. The van der Waals surface area contributed by atoms with Gasteiger partial charge in [0.05, 0.1) is 12.4 Å². The van der Waals surface area contributed by atoms with Crippen molar-refractivity contribution in [1.29, 1.82) is 0 Å². The lowest BCUT2D eigenvalue weighted by molar-refractivity contribution is -0.115. The Kier molecular flexibility index (Phi) is 6.30. The van der Waals surface area contributed by atoms with Crippen molar-refractivity contribution in [2.45, 2.75) is 23.9 Å². The van der Waals surface area contributed by atoms with E-state index in [-0.39, 0.29) is 17.8 Å². The van der Waals surface area contributed by atoms with Crippen molar-refractivity contribution in [2.24, 2.45) is 7.05 Å². The summed E-state index contributed by atoms with van der Waals surface area (Å²) in [6.07, 6.45) is 1.65. The summed E-state index contributed by atoms with van der Waals surface area (Å²) in [5.41, 5.74) is 0. The number of nitrogens with one attached hydrogen (secondary N) is 1. The monoisotopic (exact) mass is 405 g/mol. The van der Waals surface area contributed by atoms with Gasteiger partial charge in [0.1, 0.15) is 6.61 Å². The number of hydrogen-bond acceptors (Lipinski definition) is 8. The number of thioether (sulfide) groups is 1. The molecule has 0 saturated carbocycles. The van der Waals surface area contributed by atoms with Crippen LogP contribution >= 0.6 is 23.1 Å². The van der Waals surface area contributed by atoms with Crippen LogP contribution in [-0.2, 0) is 18.4 Å². The van der Waals surface area contributed by atoms with E-state index in [0.29, 0.717) is 27.6 Å². The molecule has 0 aliphatic rings. The van der Waals surface area contributed by atoms with Gasteiger partial charge >= 0.3 is 0 Å². The number of rotatable bonds is 8. The van der Waals surface area contributed by atoms with Crippen LogP contribution in [0.4, 0.5) is 5.13 Å². The molecule has 2 aromatic heterocycles. The third-order valence-corrected chi connectivity index (χ3v) is 5.49. The number of ether oxygens (including phenoxy) is 2. The van der Waals surface area contributed by atoms with Gasteiger partial charge in [0.15, 0.2) is 27.6 Å². The Morgan fingerprint density at radius 1 is 1.33 bits per heavy atom. The van der Waals surface area contributed by atoms with Crippen LogP contribution in [0, 0.1) is 0 Å². The number of methoxy groups -OCH3 is 1. The normalized spacial score (nSPS) is 11.8. The van der Waals surface area contributed by atoms with Crippen LogP contribution < -0.4 is 14.8 Å². The lowest BCUT2D eigenvalue weighted by Gasteiger charge is -2.11. The molecular weight excluding hydrogens is 386 g/mol. The van der Waals surface area contributed by atoms with Crippen molar-refractivity contribution in [3.05, 3.63) is 41.7 Å². The molecule has 1 aromatic carbocycles. The molecule has 2 heterocycles. The average Bonchev–Trinajstić information content (AvgIpc) is 3.31. The van der Waals surface area contributed by atoms with E-state index in [1.54, 1.807) is 13.3 Å². The smallest absolute Gasteiger partial charge is 0.239 e. The van der Waals surface area contributed by atoms with Gasteiger partial charge in [-0.25, -0.2) is 4.98 Å². The van der Waals surface area contributed by atoms with E-state index in [1.165, 1.54) is 23.1 Å². The summed E-state index contributed by atoms with van der Waals surface area (Å²) in [6.45, 7) is 2.05. The number of aromatic nitrogens is 4. The fourth-order valence-corrected chi connectivity index (χ4v) is 3.52. The third kappa shape index (κ3) is 4.77. The largest absolute Gasteiger partial charge is 0.493 e. The van der Waals surface area contributed by atoms with Gasteiger partial charge in [-0.2, -0.15) is 0 Å². The van der Waals surface area contributed by atoms with Gasteiger partial charge in [-0.3, -0.25) is 4.79 Å². The molecule has 8 nitrogen and oxygen atoms in total. The number of para-hydroxylation sites is 2. The molecule has 1 N–H and O–H groups in total. The van der Waals surface area contributed by atoms with E-state index >= 15 is 0 Å². The number of carbonyl (C=O) groups excluding carboxylic acids is 1. The van der Waals surface area contributed by atoms with Crippen molar-refractivity contribution < 1.29 is 14.3 Å². The van der Waals surface area contributed by atoms with Crippen LogP contribution in [0.5, 0.6) is 11.5 Å². The van der Waals surface area contributed by atoms with Gasteiger partial charge in [0.2, 0.25) is 5.91 Å². The molecule has 0 saturated heterocycles. The summed E-state index contributed by atoms with van der Waals surface area (Å²) in [5.74, 6) is 1.80. The van der Waals surface area contributed by atoms with Crippen molar-refractivity contribution in [3.8, 4) is 11.5 Å². The first-order chi connectivity index (χ1) is 13.1. The van der Waals surface area contributed by atoms with Crippen LogP contribution in [0.25, 0.3) is 0 Å². The molecule has 1 atom stereocenters. The molecule has 3 aromatic rings. The lowest BCUT2D eigenvalue weighted by Crippen LogP contribution is -2.22. The van der Waals surface area contributed by atoms with Crippen LogP contribution in [-0.4, -0.2) is 38.0 Å². The van der Waals surface area contributed by atoms with Crippen LogP contribution in [0.2, 0.25) is 0 Å². The first kappa shape index (κ1) is 19.2. The number of hydrogen-bond donors (Lipinski definition) is 1. The Bertz CT molecular complexity index is 898. The Morgan fingerprint density at radius 2 is 2.11 bits per heavy atom. The fourth-order valence-electron chi connectivity index (χ4n) is 2.16. The topological polar surface area (TPSA) is 91.2 Å². The van der Waals surface area contributed by atoms with Gasteiger partial charge in [0.25, 0.3) is 0 Å². The molecule has 0 spiro atoms. The zero-order valence-corrected chi connectivity index (χ0v) is 16.7. The molecule has 0 fully saturated rings. The van der Waals surface area contributed by atoms with Crippen molar-refractivity contribution in [3.63, 3.8) is 0 Å². The van der Waals surface area contributed by atoms with E-state index in [9.17, 15) is 4.79 Å². The molecule has 10 heteroatoms. The van der Waals surface area contributed by atoms with Crippen molar-refractivity contribution in [1.82, 2.24) is 19.7 Å². The summed E-state index contributed by atoms with van der Waals surface area (Å²) in [6, 6.07) is 7.41. The minimum atomic E-state index is -0.347. The molecular formula is C17H19N5O3S2. The minimum absolute atomic E-state index is 0.134. The number of nitrogens with zero attached hydrogens (tertiary/aromatic N) is 4. The highest BCUT2D eigenvalue weighted by Crippen LogP contribution is 2.27. The first-order valence-corrected chi connectivity index (χ1v) is 9.85. The average molecular weight is 406 g/mol. The third-order valence-electron chi connectivity index (χ3n) is 3.66.